The van der Waals surface area contributed by atoms with Crippen LogP contribution in [0.25, 0.3) is 0 Å². The van der Waals surface area contributed by atoms with Crippen molar-refractivity contribution in [3.63, 3.8) is 0 Å². The number of rotatable bonds is 2. The van der Waals surface area contributed by atoms with Crippen LogP contribution in [0, 0.1) is 5.82 Å². The van der Waals surface area contributed by atoms with Crippen LogP contribution in [0.2, 0.25) is 0 Å². The third-order valence-electron chi connectivity index (χ3n) is 3.29. The second-order valence-corrected chi connectivity index (χ2v) is 5.02. The van der Waals surface area contributed by atoms with E-state index in [1.54, 1.807) is 0 Å². The van der Waals surface area contributed by atoms with Crippen LogP contribution in [-0.2, 0) is 5.54 Å². The van der Waals surface area contributed by atoms with Gasteiger partial charge in [0.15, 0.2) is 5.54 Å². The number of alkyl halides is 3. The van der Waals surface area contributed by atoms with Crippen LogP contribution in [-0.4, -0.2) is 17.6 Å². The van der Waals surface area contributed by atoms with E-state index in [0.717, 1.165) is 12.1 Å². The van der Waals surface area contributed by atoms with E-state index in [-0.39, 0.29) is 17.1 Å². The van der Waals surface area contributed by atoms with E-state index >= 15 is 0 Å². The highest BCUT2D eigenvalue weighted by Crippen LogP contribution is 2.45. The van der Waals surface area contributed by atoms with E-state index in [1.807, 2.05) is 0 Å². The molecular weight excluding hydrogens is 280 g/mol. The van der Waals surface area contributed by atoms with Gasteiger partial charge in [0.2, 0.25) is 0 Å². The Morgan fingerprint density at radius 2 is 2.05 bits per heavy atom. The highest BCUT2D eigenvalue weighted by molar-refractivity contribution is 7.80. The predicted octanol–water partition coefficient (Wildman–Crippen LogP) is 2.92. The van der Waals surface area contributed by atoms with Crippen LogP contribution in [0.5, 0.6) is 0 Å². The van der Waals surface area contributed by atoms with E-state index in [2.05, 4.69) is 5.32 Å². The Hall–Kier alpha value is -1.37. The van der Waals surface area contributed by atoms with Crippen molar-refractivity contribution < 1.29 is 17.6 Å². The summed E-state index contributed by atoms with van der Waals surface area (Å²) in [5.41, 5.74) is 2.58. The molecule has 0 unspecified atom stereocenters. The molecular formula is C12H12F4N2S. The summed E-state index contributed by atoms with van der Waals surface area (Å²) in [6, 6.07) is 3.19. The number of hydrogen-bond acceptors (Lipinski definition) is 2. The minimum Gasteiger partial charge on any atom is -0.399 e. The van der Waals surface area contributed by atoms with Crippen LogP contribution < -0.4 is 11.1 Å². The largest absolute Gasteiger partial charge is 0.399 e. The van der Waals surface area contributed by atoms with Crippen molar-refractivity contribution in [1.29, 1.82) is 0 Å². The van der Waals surface area contributed by atoms with Gasteiger partial charge < -0.3 is 11.1 Å². The molecule has 1 aromatic rings. The Labute approximate surface area is 113 Å². The number of benzene rings is 1. The number of nitrogens with two attached hydrogens (primary N) is 1. The maximum Gasteiger partial charge on any atom is 0.277 e. The summed E-state index contributed by atoms with van der Waals surface area (Å²) in [7, 11) is 0. The lowest BCUT2D eigenvalue weighted by molar-refractivity contribution is -0.109. The van der Waals surface area contributed by atoms with Crippen molar-refractivity contribution in [2.24, 2.45) is 0 Å². The number of nitrogen functional groups attached to an aromatic ring is 1. The van der Waals surface area contributed by atoms with Gasteiger partial charge in [0.25, 0.3) is 5.92 Å². The molecule has 1 aliphatic rings. The smallest absolute Gasteiger partial charge is 0.277 e. The fraction of sp³-hybridized carbons (Fsp3) is 0.417. The Morgan fingerprint density at radius 1 is 1.37 bits per heavy atom. The molecule has 1 fully saturated rings. The van der Waals surface area contributed by atoms with Gasteiger partial charge >= 0.3 is 0 Å². The Kier molecular flexibility index (Phi) is 3.42. The SMILES string of the molecule is Nc1ccc(F)c([C@@]2(CF)NC(=S)CCC2(F)F)c1. The van der Waals surface area contributed by atoms with Gasteiger partial charge in [-0.3, -0.25) is 0 Å². The fourth-order valence-electron chi connectivity index (χ4n) is 2.21. The molecule has 2 rings (SSSR count). The molecule has 19 heavy (non-hydrogen) atoms. The third kappa shape index (κ3) is 2.16. The van der Waals surface area contributed by atoms with Crippen molar-refractivity contribution in [3.8, 4) is 0 Å². The van der Waals surface area contributed by atoms with Gasteiger partial charge in [-0.2, -0.15) is 0 Å². The first kappa shape index (κ1) is 14.0. The number of nitrogens with one attached hydrogen (secondary N) is 1. The molecule has 0 aromatic heterocycles. The average Bonchev–Trinajstić information content (AvgIpc) is 2.35. The standard InChI is InChI=1S/C12H12F4N2S/c13-6-11(8-5-7(17)1-2-9(8)14)12(15,16)4-3-10(19)18-11/h1-2,5H,3-4,6,17H2,(H,18,19)/t11-/m1/s1. The van der Waals surface area contributed by atoms with Crippen molar-refractivity contribution in [1.82, 2.24) is 5.32 Å². The summed E-state index contributed by atoms with van der Waals surface area (Å²) >= 11 is 4.83. The molecule has 0 radical (unpaired) electrons. The number of anilines is 1. The van der Waals surface area contributed by atoms with Crippen molar-refractivity contribution in [2.45, 2.75) is 24.3 Å². The summed E-state index contributed by atoms with van der Waals surface area (Å²) in [4.78, 5) is 0.0883. The summed E-state index contributed by atoms with van der Waals surface area (Å²) in [6.07, 6.45) is -0.689. The Balaban J connectivity index is 2.63. The summed E-state index contributed by atoms with van der Waals surface area (Å²) < 4.78 is 55.5. The van der Waals surface area contributed by atoms with E-state index < -0.39 is 35.9 Å². The quantitative estimate of drug-likeness (QED) is 0.500. The average molecular weight is 292 g/mol. The van der Waals surface area contributed by atoms with Crippen molar-refractivity contribution >= 4 is 22.9 Å². The molecule has 1 saturated heterocycles. The van der Waals surface area contributed by atoms with Gasteiger partial charge in [0, 0.05) is 24.1 Å². The second-order valence-electron chi connectivity index (χ2n) is 4.53. The van der Waals surface area contributed by atoms with E-state index in [4.69, 9.17) is 18.0 Å². The lowest BCUT2D eigenvalue weighted by Crippen LogP contribution is -2.62. The first-order valence-electron chi connectivity index (χ1n) is 5.63. The first-order chi connectivity index (χ1) is 8.82. The zero-order valence-electron chi connectivity index (χ0n) is 9.85. The van der Waals surface area contributed by atoms with Crippen LogP contribution in [0.1, 0.15) is 18.4 Å². The minimum absolute atomic E-state index is 0.0615. The maximum atomic E-state index is 14.1. The molecule has 1 aromatic carbocycles. The zero-order valence-corrected chi connectivity index (χ0v) is 10.7. The molecule has 7 heteroatoms. The minimum atomic E-state index is -3.46. The third-order valence-corrected chi connectivity index (χ3v) is 3.60. The van der Waals surface area contributed by atoms with Gasteiger partial charge in [-0.25, -0.2) is 17.6 Å². The molecule has 3 N–H and O–H groups in total. The monoisotopic (exact) mass is 292 g/mol. The normalized spacial score (nSPS) is 26.0. The molecule has 0 bridgehead atoms. The van der Waals surface area contributed by atoms with Crippen LogP contribution in [0.4, 0.5) is 23.2 Å². The topological polar surface area (TPSA) is 38.0 Å². The van der Waals surface area contributed by atoms with Gasteiger partial charge in [-0.05, 0) is 18.2 Å². The van der Waals surface area contributed by atoms with Crippen LogP contribution in [0.15, 0.2) is 18.2 Å². The molecule has 0 aliphatic carbocycles. The molecule has 2 nitrogen and oxygen atoms in total. The highest BCUT2D eigenvalue weighted by Gasteiger charge is 2.58. The lowest BCUT2D eigenvalue weighted by atomic mass is 9.79. The van der Waals surface area contributed by atoms with E-state index in [9.17, 15) is 17.6 Å². The molecule has 0 saturated carbocycles. The summed E-state index contributed by atoms with van der Waals surface area (Å²) in [5.74, 6) is -4.40. The zero-order chi connectivity index (χ0) is 14.3. The second kappa shape index (κ2) is 4.63. The molecule has 104 valence electrons. The summed E-state index contributed by atoms with van der Waals surface area (Å²) in [5, 5.41) is 2.27. The lowest BCUT2D eigenvalue weighted by Gasteiger charge is -2.43. The molecule has 1 heterocycles. The van der Waals surface area contributed by atoms with E-state index in [1.165, 1.54) is 6.07 Å². The summed E-state index contributed by atoms with van der Waals surface area (Å²) in [6.45, 7) is -1.49. The van der Waals surface area contributed by atoms with Gasteiger partial charge in [0.05, 0.1) is 4.99 Å². The van der Waals surface area contributed by atoms with Gasteiger partial charge in [-0.15, -0.1) is 0 Å². The number of piperidine rings is 1. The number of thiocarbonyl (C=S) groups is 1. The van der Waals surface area contributed by atoms with Crippen molar-refractivity contribution in [3.05, 3.63) is 29.6 Å². The van der Waals surface area contributed by atoms with Gasteiger partial charge in [-0.1, -0.05) is 12.2 Å². The maximum absolute atomic E-state index is 14.1. The first-order valence-corrected chi connectivity index (χ1v) is 6.03. The Morgan fingerprint density at radius 3 is 2.68 bits per heavy atom. The molecule has 1 atom stereocenters. The molecule has 0 spiro atoms. The number of halogens is 4. The van der Waals surface area contributed by atoms with Crippen LogP contribution in [0.3, 0.4) is 0 Å². The predicted molar refractivity (Wildman–Crippen MR) is 68.4 cm³/mol. The Bertz CT molecular complexity index is 520. The van der Waals surface area contributed by atoms with Gasteiger partial charge in [0.1, 0.15) is 12.5 Å². The molecule has 1 aliphatic heterocycles. The van der Waals surface area contributed by atoms with Crippen molar-refractivity contribution in [2.75, 3.05) is 12.4 Å². The molecule has 0 amide bonds. The fourth-order valence-corrected chi connectivity index (χ4v) is 2.49. The highest BCUT2D eigenvalue weighted by atomic mass is 32.1. The van der Waals surface area contributed by atoms with Crippen LogP contribution >= 0.6 is 12.2 Å². The number of hydrogen-bond donors (Lipinski definition) is 2. The van der Waals surface area contributed by atoms with E-state index in [0.29, 0.717) is 0 Å².